The van der Waals surface area contributed by atoms with Crippen LogP contribution in [0, 0.1) is 0 Å². The molecule has 5 heteroatoms. The highest BCUT2D eigenvalue weighted by Gasteiger charge is 2.19. The van der Waals surface area contributed by atoms with Crippen LogP contribution in [-0.4, -0.2) is 13.7 Å². The first-order chi connectivity index (χ1) is 9.65. The molecule has 0 saturated carbocycles. The van der Waals surface area contributed by atoms with Crippen LogP contribution in [0.3, 0.4) is 0 Å². The first-order valence-corrected chi connectivity index (χ1v) is 8.88. The molecule has 1 heterocycles. The zero-order valence-electron chi connectivity index (χ0n) is 11.5. The number of nitrogens with one attached hydrogen (secondary N) is 1. The van der Waals surface area contributed by atoms with E-state index < -0.39 is 0 Å². The van der Waals surface area contributed by atoms with E-state index in [0.717, 1.165) is 26.3 Å². The van der Waals surface area contributed by atoms with Crippen LogP contribution in [0.1, 0.15) is 30.5 Å². The molecular formula is C15H17Br2NOS. The van der Waals surface area contributed by atoms with E-state index in [0.29, 0.717) is 0 Å². The van der Waals surface area contributed by atoms with Crippen molar-refractivity contribution in [2.75, 3.05) is 13.7 Å². The van der Waals surface area contributed by atoms with Crippen molar-refractivity contribution in [3.05, 3.63) is 49.0 Å². The predicted molar refractivity (Wildman–Crippen MR) is 92.8 cm³/mol. The van der Waals surface area contributed by atoms with Crippen molar-refractivity contribution in [2.45, 2.75) is 19.4 Å². The first kappa shape index (κ1) is 16.0. The van der Waals surface area contributed by atoms with Crippen LogP contribution in [-0.2, 0) is 0 Å². The maximum Gasteiger partial charge on any atom is 0.119 e. The zero-order valence-corrected chi connectivity index (χ0v) is 15.4. The summed E-state index contributed by atoms with van der Waals surface area (Å²) in [6, 6.07) is 10.6. The van der Waals surface area contributed by atoms with Crippen molar-refractivity contribution in [3.8, 4) is 5.75 Å². The number of hydrogen-bond acceptors (Lipinski definition) is 3. The highest BCUT2D eigenvalue weighted by molar-refractivity contribution is 9.12. The molecule has 1 N–H and O–H groups in total. The summed E-state index contributed by atoms with van der Waals surface area (Å²) in [7, 11) is 1.70. The average molecular weight is 419 g/mol. The SMILES string of the molecule is CCCNC(c1cccc(OC)c1)c1cc(Br)sc1Br. The minimum Gasteiger partial charge on any atom is -0.497 e. The Hall–Kier alpha value is -0.360. The fraction of sp³-hybridized carbons (Fsp3) is 0.333. The smallest absolute Gasteiger partial charge is 0.119 e. The van der Waals surface area contributed by atoms with Gasteiger partial charge in [-0.25, -0.2) is 0 Å². The lowest BCUT2D eigenvalue weighted by molar-refractivity contribution is 0.413. The second-order valence-electron chi connectivity index (χ2n) is 4.44. The molecule has 0 amide bonds. The molecule has 1 aromatic carbocycles. The fourth-order valence-electron chi connectivity index (χ4n) is 2.07. The first-order valence-electron chi connectivity index (χ1n) is 6.47. The summed E-state index contributed by atoms with van der Waals surface area (Å²) < 4.78 is 7.62. The standard InChI is InChI=1S/C15H17Br2NOS/c1-3-7-18-14(12-9-13(16)20-15(12)17)10-5-4-6-11(8-10)19-2/h4-6,8-9,14,18H,3,7H2,1-2H3. The van der Waals surface area contributed by atoms with Gasteiger partial charge in [0.25, 0.3) is 0 Å². The molecule has 0 spiro atoms. The number of rotatable bonds is 6. The van der Waals surface area contributed by atoms with E-state index in [4.69, 9.17) is 4.74 Å². The summed E-state index contributed by atoms with van der Waals surface area (Å²) in [5.74, 6) is 0.885. The van der Waals surface area contributed by atoms with Crippen molar-refractivity contribution in [1.82, 2.24) is 5.32 Å². The summed E-state index contributed by atoms with van der Waals surface area (Å²) >= 11 is 8.91. The Morgan fingerprint density at radius 3 is 2.70 bits per heavy atom. The lowest BCUT2D eigenvalue weighted by Crippen LogP contribution is -2.23. The molecule has 1 aromatic heterocycles. The van der Waals surface area contributed by atoms with Gasteiger partial charge in [-0.2, -0.15) is 0 Å². The van der Waals surface area contributed by atoms with Crippen LogP contribution in [0.15, 0.2) is 37.9 Å². The number of halogens is 2. The minimum absolute atomic E-state index is 0.168. The third-order valence-electron chi connectivity index (χ3n) is 3.02. The van der Waals surface area contributed by atoms with Crippen molar-refractivity contribution in [3.63, 3.8) is 0 Å². The molecule has 0 aliphatic rings. The van der Waals surface area contributed by atoms with E-state index in [2.05, 4.69) is 62.3 Å². The van der Waals surface area contributed by atoms with E-state index in [9.17, 15) is 0 Å². The minimum atomic E-state index is 0.168. The summed E-state index contributed by atoms with van der Waals surface area (Å²) in [6.45, 7) is 3.15. The number of thiophene rings is 1. The quantitative estimate of drug-likeness (QED) is 0.680. The Bertz CT molecular complexity index is 571. The zero-order chi connectivity index (χ0) is 14.5. The molecule has 2 nitrogen and oxygen atoms in total. The second-order valence-corrected chi connectivity index (χ2v) is 8.19. The Balaban J connectivity index is 2.38. The molecule has 2 aromatic rings. The van der Waals surface area contributed by atoms with Gasteiger partial charge >= 0.3 is 0 Å². The Morgan fingerprint density at radius 2 is 2.10 bits per heavy atom. The van der Waals surface area contributed by atoms with Gasteiger partial charge in [0, 0.05) is 0 Å². The van der Waals surface area contributed by atoms with Crippen LogP contribution >= 0.6 is 43.2 Å². The number of hydrogen-bond donors (Lipinski definition) is 1. The summed E-state index contributed by atoms with van der Waals surface area (Å²) in [4.78, 5) is 0. The van der Waals surface area contributed by atoms with Gasteiger partial charge in [0.1, 0.15) is 5.75 Å². The molecule has 2 rings (SSSR count). The van der Waals surface area contributed by atoms with Gasteiger partial charge in [0.15, 0.2) is 0 Å². The molecule has 0 bridgehead atoms. The van der Waals surface area contributed by atoms with Crippen LogP contribution in [0.2, 0.25) is 0 Å². The van der Waals surface area contributed by atoms with E-state index >= 15 is 0 Å². The highest BCUT2D eigenvalue weighted by atomic mass is 79.9. The van der Waals surface area contributed by atoms with Crippen molar-refractivity contribution in [1.29, 1.82) is 0 Å². The molecule has 108 valence electrons. The summed E-state index contributed by atoms with van der Waals surface area (Å²) in [5.41, 5.74) is 2.47. The topological polar surface area (TPSA) is 21.3 Å². The molecule has 0 radical (unpaired) electrons. The van der Waals surface area contributed by atoms with Crippen molar-refractivity contribution < 1.29 is 4.74 Å². The largest absolute Gasteiger partial charge is 0.497 e. The van der Waals surface area contributed by atoms with E-state index in [-0.39, 0.29) is 6.04 Å². The van der Waals surface area contributed by atoms with Gasteiger partial charge in [0.05, 0.1) is 20.7 Å². The van der Waals surface area contributed by atoms with E-state index in [1.165, 1.54) is 11.1 Å². The van der Waals surface area contributed by atoms with Gasteiger partial charge < -0.3 is 10.1 Å². The van der Waals surface area contributed by atoms with Gasteiger partial charge in [-0.05, 0) is 74.2 Å². The van der Waals surface area contributed by atoms with E-state index in [1.807, 2.05) is 12.1 Å². The molecule has 0 fully saturated rings. The Labute approximate surface area is 140 Å². The maximum absolute atomic E-state index is 5.33. The number of benzene rings is 1. The van der Waals surface area contributed by atoms with Crippen molar-refractivity contribution >= 4 is 43.2 Å². The summed E-state index contributed by atoms with van der Waals surface area (Å²) in [5, 5.41) is 3.61. The molecule has 20 heavy (non-hydrogen) atoms. The molecule has 0 saturated heterocycles. The monoisotopic (exact) mass is 417 g/mol. The van der Waals surface area contributed by atoms with Crippen molar-refractivity contribution in [2.24, 2.45) is 0 Å². The molecule has 0 aliphatic carbocycles. The Morgan fingerprint density at radius 1 is 1.30 bits per heavy atom. The van der Waals surface area contributed by atoms with Gasteiger partial charge in [-0.1, -0.05) is 19.1 Å². The number of methoxy groups -OCH3 is 1. The van der Waals surface area contributed by atoms with E-state index in [1.54, 1.807) is 18.4 Å². The summed E-state index contributed by atoms with van der Waals surface area (Å²) in [6.07, 6.45) is 1.10. The highest BCUT2D eigenvalue weighted by Crippen LogP contribution is 2.38. The normalized spacial score (nSPS) is 12.4. The van der Waals surface area contributed by atoms with Crippen LogP contribution in [0.5, 0.6) is 5.75 Å². The predicted octanol–water partition coefficient (Wildman–Crippen LogP) is 5.37. The van der Waals surface area contributed by atoms with Crippen LogP contribution < -0.4 is 10.1 Å². The van der Waals surface area contributed by atoms with Gasteiger partial charge in [-0.15, -0.1) is 11.3 Å². The Kier molecular flexibility index (Phi) is 6.08. The lowest BCUT2D eigenvalue weighted by Gasteiger charge is -2.19. The maximum atomic E-state index is 5.33. The van der Waals surface area contributed by atoms with Gasteiger partial charge in [0.2, 0.25) is 0 Å². The fourth-order valence-corrected chi connectivity index (χ4v) is 4.97. The second kappa shape index (κ2) is 7.59. The molecule has 0 aliphatic heterocycles. The third kappa shape index (κ3) is 3.85. The third-order valence-corrected chi connectivity index (χ3v) is 5.41. The van der Waals surface area contributed by atoms with Crippen LogP contribution in [0.4, 0.5) is 0 Å². The van der Waals surface area contributed by atoms with Gasteiger partial charge in [-0.3, -0.25) is 0 Å². The average Bonchev–Trinajstić information content (AvgIpc) is 2.78. The molecular weight excluding hydrogens is 402 g/mol. The lowest BCUT2D eigenvalue weighted by atomic mass is 10.0. The van der Waals surface area contributed by atoms with Crippen LogP contribution in [0.25, 0.3) is 0 Å². The molecule has 1 atom stereocenters. The number of ether oxygens (including phenoxy) is 1. The molecule has 1 unspecified atom stereocenters.